The number of nitrogens with zero attached hydrogens (tertiary/aromatic N) is 1. The van der Waals surface area contributed by atoms with Crippen LogP contribution in [0.15, 0.2) is 35.2 Å². The van der Waals surface area contributed by atoms with E-state index in [9.17, 15) is 8.42 Å². The Balaban J connectivity index is 2.18. The molecule has 0 spiro atoms. The van der Waals surface area contributed by atoms with Gasteiger partial charge in [-0.1, -0.05) is 38.5 Å². The van der Waals surface area contributed by atoms with E-state index in [4.69, 9.17) is 0 Å². The summed E-state index contributed by atoms with van der Waals surface area (Å²) in [5.41, 5.74) is 0. The molecule has 1 fully saturated rings. The SMILES string of the molecule is CC[C@H](C)[C@H]1CN1S(=O)(=O)c1ccccc1. The van der Waals surface area contributed by atoms with E-state index in [1.807, 2.05) is 6.07 Å². The largest absolute Gasteiger partial charge is 0.243 e. The third-order valence-electron chi connectivity index (χ3n) is 3.25. The van der Waals surface area contributed by atoms with Crippen LogP contribution in [0.2, 0.25) is 0 Å². The number of hydrogen-bond donors (Lipinski definition) is 0. The van der Waals surface area contributed by atoms with Gasteiger partial charge in [0.1, 0.15) is 0 Å². The smallest absolute Gasteiger partial charge is 0.207 e. The summed E-state index contributed by atoms with van der Waals surface area (Å²) in [5, 5.41) is 0. The van der Waals surface area contributed by atoms with Crippen LogP contribution in [0.1, 0.15) is 20.3 Å². The van der Waals surface area contributed by atoms with Crippen molar-refractivity contribution in [3.8, 4) is 0 Å². The van der Waals surface area contributed by atoms with Gasteiger partial charge in [0, 0.05) is 12.6 Å². The molecule has 1 unspecified atom stereocenters. The highest BCUT2D eigenvalue weighted by Crippen LogP contribution is 2.33. The van der Waals surface area contributed by atoms with Crippen LogP contribution in [-0.4, -0.2) is 25.3 Å². The van der Waals surface area contributed by atoms with Gasteiger partial charge in [-0.3, -0.25) is 0 Å². The molecule has 3 atom stereocenters. The summed E-state index contributed by atoms with van der Waals surface area (Å²) in [7, 11) is -3.24. The molecule has 88 valence electrons. The Kier molecular flexibility index (Phi) is 3.04. The first-order valence-electron chi connectivity index (χ1n) is 5.64. The van der Waals surface area contributed by atoms with Crippen molar-refractivity contribution in [3.63, 3.8) is 0 Å². The fraction of sp³-hybridized carbons (Fsp3) is 0.500. The summed E-state index contributed by atoms with van der Waals surface area (Å²) in [6, 6.07) is 8.86. The molecule has 0 radical (unpaired) electrons. The van der Waals surface area contributed by atoms with Crippen molar-refractivity contribution < 1.29 is 8.42 Å². The fourth-order valence-corrected chi connectivity index (χ4v) is 3.56. The second-order valence-electron chi connectivity index (χ2n) is 4.34. The summed E-state index contributed by atoms with van der Waals surface area (Å²) in [4.78, 5) is 0.404. The molecule has 0 N–H and O–H groups in total. The van der Waals surface area contributed by atoms with Gasteiger partial charge < -0.3 is 0 Å². The molecule has 1 saturated heterocycles. The van der Waals surface area contributed by atoms with E-state index >= 15 is 0 Å². The monoisotopic (exact) mass is 239 g/mol. The zero-order chi connectivity index (χ0) is 11.8. The molecule has 3 nitrogen and oxygen atoms in total. The Hall–Kier alpha value is -0.870. The molecule has 0 bridgehead atoms. The highest BCUT2D eigenvalue weighted by Gasteiger charge is 2.46. The van der Waals surface area contributed by atoms with Gasteiger partial charge in [-0.25, -0.2) is 8.42 Å². The Labute approximate surface area is 97.1 Å². The normalized spacial score (nSPS) is 26.4. The van der Waals surface area contributed by atoms with Crippen LogP contribution in [0.5, 0.6) is 0 Å². The van der Waals surface area contributed by atoms with Crippen molar-refractivity contribution in [2.24, 2.45) is 5.92 Å². The van der Waals surface area contributed by atoms with Crippen LogP contribution in [-0.2, 0) is 10.0 Å². The molecule has 0 amide bonds. The maximum atomic E-state index is 12.2. The minimum Gasteiger partial charge on any atom is -0.207 e. The van der Waals surface area contributed by atoms with Gasteiger partial charge in [-0.05, 0) is 18.1 Å². The van der Waals surface area contributed by atoms with Crippen LogP contribution in [0.25, 0.3) is 0 Å². The van der Waals surface area contributed by atoms with E-state index in [-0.39, 0.29) is 6.04 Å². The summed E-state index contributed by atoms with van der Waals surface area (Å²) in [6.07, 6.45) is 1.02. The van der Waals surface area contributed by atoms with Crippen LogP contribution in [0.4, 0.5) is 0 Å². The van der Waals surface area contributed by atoms with Gasteiger partial charge in [0.25, 0.3) is 0 Å². The van der Waals surface area contributed by atoms with E-state index in [0.717, 1.165) is 6.42 Å². The van der Waals surface area contributed by atoms with E-state index in [1.54, 1.807) is 28.6 Å². The third-order valence-corrected chi connectivity index (χ3v) is 5.16. The maximum absolute atomic E-state index is 12.2. The molecule has 1 aliphatic heterocycles. The third kappa shape index (κ3) is 1.99. The van der Waals surface area contributed by atoms with E-state index in [0.29, 0.717) is 17.4 Å². The number of benzene rings is 1. The number of rotatable bonds is 4. The second kappa shape index (κ2) is 4.18. The first kappa shape index (κ1) is 11.6. The molecule has 1 aliphatic rings. The van der Waals surface area contributed by atoms with Crippen LogP contribution in [0.3, 0.4) is 0 Å². The Morgan fingerprint density at radius 2 is 2.00 bits per heavy atom. The molecule has 16 heavy (non-hydrogen) atoms. The minimum atomic E-state index is -3.24. The highest BCUT2D eigenvalue weighted by atomic mass is 32.2. The van der Waals surface area contributed by atoms with E-state index in [2.05, 4.69) is 13.8 Å². The molecule has 2 rings (SSSR count). The molecule has 4 heteroatoms. The quantitative estimate of drug-likeness (QED) is 0.755. The summed E-state index contributed by atoms with van der Waals surface area (Å²) in [6.45, 7) is 4.87. The lowest BCUT2D eigenvalue weighted by atomic mass is 10.1. The van der Waals surface area contributed by atoms with Crippen molar-refractivity contribution in [1.82, 2.24) is 4.31 Å². The van der Waals surface area contributed by atoms with Crippen molar-refractivity contribution in [3.05, 3.63) is 30.3 Å². The molecular weight excluding hydrogens is 222 g/mol. The topological polar surface area (TPSA) is 37.1 Å². The zero-order valence-electron chi connectivity index (χ0n) is 9.63. The van der Waals surface area contributed by atoms with Gasteiger partial charge in [-0.15, -0.1) is 0 Å². The molecule has 1 aromatic carbocycles. The lowest BCUT2D eigenvalue weighted by molar-refractivity contribution is 0.485. The highest BCUT2D eigenvalue weighted by molar-refractivity contribution is 7.89. The maximum Gasteiger partial charge on any atom is 0.243 e. The van der Waals surface area contributed by atoms with Crippen LogP contribution >= 0.6 is 0 Å². The van der Waals surface area contributed by atoms with Crippen molar-refractivity contribution >= 4 is 10.0 Å². The molecular formula is C12H17NO2S. The van der Waals surface area contributed by atoms with Gasteiger partial charge in [0.15, 0.2) is 0 Å². The Morgan fingerprint density at radius 1 is 1.38 bits per heavy atom. The molecule has 0 aliphatic carbocycles. The predicted molar refractivity (Wildman–Crippen MR) is 63.6 cm³/mol. The average molecular weight is 239 g/mol. The summed E-state index contributed by atoms with van der Waals surface area (Å²) in [5.74, 6) is 0.443. The molecule has 0 saturated carbocycles. The average Bonchev–Trinajstić information content (AvgIpc) is 3.10. The molecule has 1 aromatic rings. The number of sulfonamides is 1. The zero-order valence-corrected chi connectivity index (χ0v) is 10.4. The Bertz CT molecular complexity index is 455. The van der Waals surface area contributed by atoms with Crippen molar-refractivity contribution in [1.29, 1.82) is 0 Å². The molecule has 1 heterocycles. The van der Waals surface area contributed by atoms with Gasteiger partial charge in [0.2, 0.25) is 10.0 Å². The van der Waals surface area contributed by atoms with Gasteiger partial charge in [0.05, 0.1) is 4.90 Å². The first-order valence-corrected chi connectivity index (χ1v) is 7.08. The van der Waals surface area contributed by atoms with E-state index in [1.165, 1.54) is 0 Å². The van der Waals surface area contributed by atoms with Crippen LogP contribution < -0.4 is 0 Å². The fourth-order valence-electron chi connectivity index (χ4n) is 1.88. The minimum absolute atomic E-state index is 0.204. The van der Waals surface area contributed by atoms with Crippen molar-refractivity contribution in [2.75, 3.05) is 6.54 Å². The standard InChI is InChI=1S/C12H17NO2S/c1-3-10(2)12-9-13(12)16(14,15)11-7-5-4-6-8-11/h4-8,10,12H,3,9H2,1-2H3/t10-,12+,13?/m0/s1. The summed E-state index contributed by atoms with van der Waals surface area (Å²) >= 11 is 0. The van der Waals surface area contributed by atoms with Crippen LogP contribution in [0, 0.1) is 5.92 Å². The lowest BCUT2D eigenvalue weighted by Crippen LogP contribution is -2.17. The van der Waals surface area contributed by atoms with E-state index < -0.39 is 10.0 Å². The summed E-state index contributed by atoms with van der Waals surface area (Å²) < 4.78 is 25.9. The van der Waals surface area contributed by atoms with Gasteiger partial charge >= 0.3 is 0 Å². The lowest BCUT2D eigenvalue weighted by Gasteiger charge is -2.09. The van der Waals surface area contributed by atoms with Crippen molar-refractivity contribution in [2.45, 2.75) is 31.2 Å². The predicted octanol–water partition coefficient (Wildman–Crippen LogP) is 2.11. The molecule has 0 aromatic heterocycles. The first-order chi connectivity index (χ1) is 7.57. The second-order valence-corrected chi connectivity index (χ2v) is 6.23. The van der Waals surface area contributed by atoms with Gasteiger partial charge in [-0.2, -0.15) is 4.31 Å². The Morgan fingerprint density at radius 3 is 2.56 bits per heavy atom. The number of hydrogen-bond acceptors (Lipinski definition) is 2.